The van der Waals surface area contributed by atoms with Gasteiger partial charge in [-0.1, -0.05) is 25.7 Å². The quantitative estimate of drug-likeness (QED) is 0.372. The summed E-state index contributed by atoms with van der Waals surface area (Å²) < 4.78 is 0. The highest BCUT2D eigenvalue weighted by molar-refractivity contribution is 7.15. The maximum atomic E-state index is 13.6. The number of likely N-dealkylation sites (tertiary alicyclic amines) is 1. The normalized spacial score (nSPS) is 23.5. The third-order valence-corrected chi connectivity index (χ3v) is 7.70. The first kappa shape index (κ1) is 21.2. The van der Waals surface area contributed by atoms with Gasteiger partial charge in [0, 0.05) is 17.6 Å². The number of hydrogen-bond acceptors (Lipinski definition) is 6. The molecule has 3 fully saturated rings. The maximum Gasteiger partial charge on any atom is 0.248 e. The molecule has 1 spiro atoms. The fourth-order valence-corrected chi connectivity index (χ4v) is 5.74. The van der Waals surface area contributed by atoms with Crippen LogP contribution in [0.5, 0.6) is 0 Å². The van der Waals surface area contributed by atoms with Gasteiger partial charge in [-0.25, -0.2) is 10.0 Å². The summed E-state index contributed by atoms with van der Waals surface area (Å²) in [6.45, 7) is 2.48. The van der Waals surface area contributed by atoms with Gasteiger partial charge in [-0.05, 0) is 43.9 Å². The Morgan fingerprint density at radius 2 is 2.17 bits per heavy atom. The van der Waals surface area contributed by atoms with E-state index in [2.05, 4.69) is 10.3 Å². The van der Waals surface area contributed by atoms with Crippen LogP contribution in [-0.4, -0.2) is 57.5 Å². The zero-order valence-electron chi connectivity index (χ0n) is 17.4. The van der Waals surface area contributed by atoms with Crippen molar-refractivity contribution in [3.05, 3.63) is 11.1 Å². The summed E-state index contributed by atoms with van der Waals surface area (Å²) in [5, 5.41) is 13.8. The number of carbonyl (C=O) groups excluding carboxylic acids is 3. The van der Waals surface area contributed by atoms with E-state index in [0.717, 1.165) is 43.4 Å². The van der Waals surface area contributed by atoms with Crippen LogP contribution in [0, 0.1) is 24.2 Å². The SMILES string of the molecule is Cc1cnc(NC(=O)C2CC3(CC3)CN2C(=O)C(CC2CCCC2)CN(O)C=O)s1. The molecule has 4 rings (SSSR count). The predicted octanol–water partition coefficient (Wildman–Crippen LogP) is 2.82. The molecule has 2 heterocycles. The first-order chi connectivity index (χ1) is 14.4. The summed E-state index contributed by atoms with van der Waals surface area (Å²) >= 11 is 1.41. The monoisotopic (exact) mass is 434 g/mol. The lowest BCUT2D eigenvalue weighted by molar-refractivity contribution is -0.158. The minimum Gasteiger partial charge on any atom is -0.330 e. The zero-order valence-corrected chi connectivity index (χ0v) is 18.2. The summed E-state index contributed by atoms with van der Waals surface area (Å²) in [5.74, 6) is -0.379. The second-order valence-electron chi connectivity index (χ2n) is 9.26. The van der Waals surface area contributed by atoms with E-state index in [1.165, 1.54) is 11.3 Å². The number of aryl methyl sites for hydroxylation is 1. The Hall–Kier alpha value is -2.00. The number of aromatic nitrogens is 1. The van der Waals surface area contributed by atoms with E-state index in [1.807, 2.05) is 6.92 Å². The van der Waals surface area contributed by atoms with Gasteiger partial charge in [0.15, 0.2) is 5.13 Å². The Morgan fingerprint density at radius 1 is 1.43 bits per heavy atom. The van der Waals surface area contributed by atoms with E-state index in [4.69, 9.17) is 0 Å². The molecular weight excluding hydrogens is 404 g/mol. The molecule has 2 atom stereocenters. The van der Waals surface area contributed by atoms with Gasteiger partial charge in [-0.2, -0.15) is 0 Å². The number of anilines is 1. The van der Waals surface area contributed by atoms with E-state index in [9.17, 15) is 19.6 Å². The molecule has 0 radical (unpaired) electrons. The second kappa shape index (κ2) is 8.63. The largest absolute Gasteiger partial charge is 0.330 e. The van der Waals surface area contributed by atoms with Crippen molar-refractivity contribution in [2.24, 2.45) is 17.3 Å². The first-order valence-corrected chi connectivity index (χ1v) is 11.7. The Bertz CT molecular complexity index is 803. The van der Waals surface area contributed by atoms with Gasteiger partial charge in [0.05, 0.1) is 12.5 Å². The average Bonchev–Trinajstić information content (AvgIpc) is 3.08. The van der Waals surface area contributed by atoms with Gasteiger partial charge < -0.3 is 10.2 Å². The number of nitrogens with one attached hydrogen (secondary N) is 1. The van der Waals surface area contributed by atoms with Crippen LogP contribution in [0.4, 0.5) is 5.13 Å². The van der Waals surface area contributed by atoms with E-state index >= 15 is 0 Å². The summed E-state index contributed by atoms with van der Waals surface area (Å²) in [4.78, 5) is 44.5. The number of thiazole rings is 1. The Balaban J connectivity index is 1.50. The smallest absolute Gasteiger partial charge is 0.248 e. The van der Waals surface area contributed by atoms with Crippen molar-refractivity contribution >= 4 is 34.7 Å². The Kier molecular flexibility index (Phi) is 6.11. The van der Waals surface area contributed by atoms with Crippen LogP contribution >= 0.6 is 11.3 Å². The average molecular weight is 435 g/mol. The molecule has 1 aliphatic heterocycles. The highest BCUT2D eigenvalue weighted by Gasteiger charge is 2.55. The van der Waals surface area contributed by atoms with Crippen LogP contribution in [0.3, 0.4) is 0 Å². The lowest BCUT2D eigenvalue weighted by Crippen LogP contribution is -2.48. The van der Waals surface area contributed by atoms with Crippen molar-refractivity contribution in [1.29, 1.82) is 0 Å². The third-order valence-electron chi connectivity index (χ3n) is 6.87. The van der Waals surface area contributed by atoms with Crippen molar-refractivity contribution in [3.8, 4) is 0 Å². The molecule has 164 valence electrons. The van der Waals surface area contributed by atoms with Crippen molar-refractivity contribution in [2.45, 2.75) is 64.3 Å². The molecule has 9 heteroatoms. The van der Waals surface area contributed by atoms with Crippen molar-refractivity contribution < 1.29 is 19.6 Å². The molecule has 2 aliphatic carbocycles. The Morgan fingerprint density at radius 3 is 2.77 bits per heavy atom. The lowest BCUT2D eigenvalue weighted by atomic mass is 9.91. The lowest BCUT2D eigenvalue weighted by Gasteiger charge is -2.30. The van der Waals surface area contributed by atoms with E-state index in [0.29, 0.717) is 41.9 Å². The van der Waals surface area contributed by atoms with Crippen LogP contribution in [-0.2, 0) is 14.4 Å². The second-order valence-corrected chi connectivity index (χ2v) is 10.5. The van der Waals surface area contributed by atoms with Crippen LogP contribution in [0.1, 0.15) is 56.2 Å². The Labute approximate surface area is 180 Å². The highest BCUT2D eigenvalue weighted by Crippen LogP contribution is 2.55. The van der Waals surface area contributed by atoms with Crippen molar-refractivity contribution in [1.82, 2.24) is 14.9 Å². The number of hydroxylamine groups is 2. The molecule has 1 saturated heterocycles. The maximum absolute atomic E-state index is 13.6. The standard InChI is InChI=1S/C21H30N4O4S/c1-14-10-22-20(30-14)23-18(27)17-9-21(6-7-21)12-25(17)19(28)16(11-24(29)13-26)8-15-4-2-3-5-15/h10,13,15-17,29H,2-9,11-12H2,1H3,(H,22,23,27). The molecule has 2 unspecified atom stereocenters. The molecule has 2 N–H and O–H groups in total. The molecule has 1 aromatic heterocycles. The number of amides is 3. The van der Waals surface area contributed by atoms with Crippen LogP contribution < -0.4 is 5.32 Å². The highest BCUT2D eigenvalue weighted by atomic mass is 32.1. The molecule has 30 heavy (non-hydrogen) atoms. The van der Waals surface area contributed by atoms with Gasteiger partial charge in [-0.3, -0.25) is 19.6 Å². The summed E-state index contributed by atoms with van der Waals surface area (Å²) in [6.07, 6.45) is 9.91. The number of rotatable bonds is 8. The molecule has 2 saturated carbocycles. The minimum atomic E-state index is -0.529. The third kappa shape index (κ3) is 4.67. The summed E-state index contributed by atoms with van der Waals surface area (Å²) in [6, 6.07) is -0.529. The van der Waals surface area contributed by atoms with Crippen molar-refractivity contribution in [2.75, 3.05) is 18.4 Å². The van der Waals surface area contributed by atoms with Crippen molar-refractivity contribution in [3.63, 3.8) is 0 Å². The number of nitrogens with zero attached hydrogens (tertiary/aromatic N) is 3. The van der Waals surface area contributed by atoms with E-state index in [1.54, 1.807) is 11.1 Å². The van der Waals surface area contributed by atoms with Gasteiger partial charge in [0.1, 0.15) is 6.04 Å². The van der Waals surface area contributed by atoms with Gasteiger partial charge in [-0.15, -0.1) is 11.3 Å². The number of hydrogen-bond donors (Lipinski definition) is 2. The molecule has 3 amide bonds. The fraction of sp³-hybridized carbons (Fsp3) is 0.714. The number of carbonyl (C=O) groups is 3. The molecule has 0 aromatic carbocycles. The molecule has 0 bridgehead atoms. The molecule has 8 nitrogen and oxygen atoms in total. The van der Waals surface area contributed by atoms with Crippen LogP contribution in [0.2, 0.25) is 0 Å². The predicted molar refractivity (Wildman–Crippen MR) is 112 cm³/mol. The van der Waals surface area contributed by atoms with Crippen LogP contribution in [0.15, 0.2) is 6.20 Å². The minimum absolute atomic E-state index is 0.0254. The van der Waals surface area contributed by atoms with Crippen LogP contribution in [0.25, 0.3) is 0 Å². The zero-order chi connectivity index (χ0) is 21.3. The topological polar surface area (TPSA) is 103 Å². The fourth-order valence-electron chi connectivity index (χ4n) is 5.07. The first-order valence-electron chi connectivity index (χ1n) is 10.8. The van der Waals surface area contributed by atoms with Gasteiger partial charge in [0.2, 0.25) is 18.2 Å². The summed E-state index contributed by atoms with van der Waals surface area (Å²) in [5.41, 5.74) is 0.0535. The van der Waals surface area contributed by atoms with E-state index in [-0.39, 0.29) is 23.8 Å². The molecule has 1 aromatic rings. The van der Waals surface area contributed by atoms with E-state index < -0.39 is 12.0 Å². The molecular formula is C21H30N4O4S. The van der Waals surface area contributed by atoms with Gasteiger partial charge in [0.25, 0.3) is 0 Å². The molecule has 3 aliphatic rings. The van der Waals surface area contributed by atoms with Gasteiger partial charge >= 0.3 is 0 Å². The summed E-state index contributed by atoms with van der Waals surface area (Å²) in [7, 11) is 0.